The maximum atomic E-state index is 12.8. The van der Waals surface area contributed by atoms with Gasteiger partial charge >= 0.3 is 0 Å². The van der Waals surface area contributed by atoms with Crippen LogP contribution in [0.3, 0.4) is 0 Å². The molecule has 4 nitrogen and oxygen atoms in total. The molecule has 0 N–H and O–H groups in total. The maximum absolute atomic E-state index is 12.8. The van der Waals surface area contributed by atoms with Crippen LogP contribution < -0.4 is 0 Å². The quantitative estimate of drug-likeness (QED) is 0.400. The van der Waals surface area contributed by atoms with Crippen molar-refractivity contribution in [3.63, 3.8) is 0 Å². The van der Waals surface area contributed by atoms with Crippen LogP contribution in [-0.2, 0) is 9.59 Å². The molecule has 1 heterocycles. The predicted octanol–water partition coefficient (Wildman–Crippen LogP) is 4.71. The van der Waals surface area contributed by atoms with Gasteiger partial charge in [0.25, 0.3) is 5.91 Å². The van der Waals surface area contributed by atoms with Crippen molar-refractivity contribution in [3.05, 3.63) is 32.8 Å². The Hall–Kier alpha value is -0.140. The monoisotopic (exact) mass is 515 g/mol. The second kappa shape index (κ2) is 6.88. The molecule has 0 spiro atoms. The Morgan fingerprint density at radius 1 is 1.04 bits per heavy atom. The van der Waals surface area contributed by atoms with E-state index in [9.17, 15) is 14.4 Å². The molecule has 0 bridgehead atoms. The van der Waals surface area contributed by atoms with Crippen LogP contribution in [0.15, 0.2) is 12.1 Å². The molecule has 1 aliphatic heterocycles. The van der Waals surface area contributed by atoms with Gasteiger partial charge in [-0.1, -0.05) is 66.7 Å². The van der Waals surface area contributed by atoms with E-state index in [2.05, 4.69) is 31.9 Å². The molecule has 1 saturated heterocycles. The van der Waals surface area contributed by atoms with Crippen LogP contribution in [0.1, 0.15) is 23.2 Å². The van der Waals surface area contributed by atoms with Crippen molar-refractivity contribution >= 4 is 84.4 Å². The van der Waals surface area contributed by atoms with Gasteiger partial charge in [0.2, 0.25) is 11.8 Å². The van der Waals surface area contributed by atoms with Crippen LogP contribution >= 0.6 is 66.7 Å². The molecule has 0 aromatic heterocycles. The van der Waals surface area contributed by atoms with E-state index in [1.54, 1.807) is 0 Å². The molecule has 4 unspecified atom stereocenters. The van der Waals surface area contributed by atoms with Crippen LogP contribution in [0.25, 0.3) is 0 Å². The minimum Gasteiger partial charge on any atom is -0.274 e. The Bertz CT molecular complexity index is 734. The Kier molecular flexibility index (Phi) is 5.34. The van der Waals surface area contributed by atoms with Crippen LogP contribution in [-0.4, -0.2) is 32.3 Å². The fraction of sp³-hybridized carbons (Fsp3) is 0.400. The molecule has 24 heavy (non-hydrogen) atoms. The van der Waals surface area contributed by atoms with Gasteiger partial charge in [-0.05, 0) is 25.0 Å². The molecule has 2 fully saturated rings. The first kappa shape index (κ1) is 18.6. The number of alkyl halides is 2. The lowest BCUT2D eigenvalue weighted by Crippen LogP contribution is -2.39. The third kappa shape index (κ3) is 2.94. The van der Waals surface area contributed by atoms with Gasteiger partial charge in [0.15, 0.2) is 0 Å². The lowest BCUT2D eigenvalue weighted by molar-refractivity contribution is -0.136. The van der Waals surface area contributed by atoms with Crippen molar-refractivity contribution in [2.75, 3.05) is 0 Å². The summed E-state index contributed by atoms with van der Waals surface area (Å²) in [6.07, 6.45) is 1.28. The van der Waals surface area contributed by atoms with Crippen molar-refractivity contribution in [1.82, 2.24) is 4.90 Å². The van der Waals surface area contributed by atoms with Crippen LogP contribution in [0.2, 0.25) is 15.1 Å². The Balaban J connectivity index is 2.00. The molecular weight excluding hydrogens is 508 g/mol. The smallest absolute Gasteiger partial charge is 0.270 e. The number of amides is 3. The minimum absolute atomic E-state index is 0.00160. The highest BCUT2D eigenvalue weighted by atomic mass is 79.9. The number of hydrogen-bond donors (Lipinski definition) is 0. The number of halogens is 5. The highest BCUT2D eigenvalue weighted by Crippen LogP contribution is 2.45. The lowest BCUT2D eigenvalue weighted by Gasteiger charge is -2.30. The summed E-state index contributed by atoms with van der Waals surface area (Å²) in [6.45, 7) is 0. The zero-order valence-corrected chi connectivity index (χ0v) is 17.4. The highest BCUT2D eigenvalue weighted by Gasteiger charge is 2.56. The van der Waals surface area contributed by atoms with Gasteiger partial charge < -0.3 is 0 Å². The number of benzene rings is 1. The predicted molar refractivity (Wildman–Crippen MR) is 99.3 cm³/mol. The fourth-order valence-electron chi connectivity index (χ4n) is 3.19. The first-order valence-electron chi connectivity index (χ1n) is 7.09. The van der Waals surface area contributed by atoms with Gasteiger partial charge in [-0.3, -0.25) is 14.4 Å². The molecule has 1 aliphatic carbocycles. The molecule has 128 valence electrons. The normalized spacial score (nSPS) is 29.8. The van der Waals surface area contributed by atoms with Crippen molar-refractivity contribution in [2.24, 2.45) is 11.8 Å². The van der Waals surface area contributed by atoms with E-state index in [4.69, 9.17) is 34.8 Å². The van der Waals surface area contributed by atoms with Gasteiger partial charge in [0, 0.05) is 14.7 Å². The van der Waals surface area contributed by atoms with E-state index >= 15 is 0 Å². The van der Waals surface area contributed by atoms with Crippen molar-refractivity contribution in [2.45, 2.75) is 22.5 Å². The molecule has 9 heteroatoms. The Labute approximate surface area is 170 Å². The first-order chi connectivity index (χ1) is 11.2. The molecule has 3 amide bonds. The number of nitrogens with zero attached hydrogens (tertiary/aromatic N) is 1. The molecule has 4 atom stereocenters. The lowest BCUT2D eigenvalue weighted by atomic mass is 9.81. The summed E-state index contributed by atoms with van der Waals surface area (Å²) in [7, 11) is 0. The number of rotatable bonds is 1. The Morgan fingerprint density at radius 2 is 1.62 bits per heavy atom. The van der Waals surface area contributed by atoms with Crippen LogP contribution in [0, 0.1) is 11.8 Å². The van der Waals surface area contributed by atoms with Gasteiger partial charge in [-0.2, -0.15) is 0 Å². The molecule has 2 aliphatic rings. The molecule has 1 aromatic carbocycles. The van der Waals surface area contributed by atoms with Crippen LogP contribution in [0.4, 0.5) is 0 Å². The second-order valence-electron chi connectivity index (χ2n) is 5.73. The van der Waals surface area contributed by atoms with E-state index in [0.29, 0.717) is 11.3 Å². The van der Waals surface area contributed by atoms with Gasteiger partial charge in [0.05, 0.1) is 27.4 Å². The summed E-state index contributed by atoms with van der Waals surface area (Å²) in [5.41, 5.74) is -0.0930. The SMILES string of the molecule is O=C(c1c(Cl)cc(Cl)cc1Cl)N1C(=O)C2CCC(Br)C(Br)C2C1=O. The average Bonchev–Trinajstić information content (AvgIpc) is 2.73. The van der Waals surface area contributed by atoms with Gasteiger partial charge in [-0.25, -0.2) is 4.90 Å². The zero-order chi connectivity index (χ0) is 17.8. The van der Waals surface area contributed by atoms with E-state index < -0.39 is 29.6 Å². The van der Waals surface area contributed by atoms with E-state index in [1.807, 2.05) is 0 Å². The third-order valence-electron chi connectivity index (χ3n) is 4.34. The molecule has 1 aromatic rings. The standard InChI is InChI=1S/C15H10Br2Cl3NO3/c16-7-2-1-6-10(12(7)17)14(23)21(13(6)22)15(24)11-8(19)3-5(18)4-9(11)20/h3-4,6-7,10,12H,1-2H2. The second-order valence-corrected chi connectivity index (χ2v) is 9.22. The van der Waals surface area contributed by atoms with E-state index in [1.165, 1.54) is 12.1 Å². The fourth-order valence-corrected chi connectivity index (χ4v) is 5.62. The molecular formula is C15H10Br2Cl3NO3. The number of fused-ring (bicyclic) bond motifs is 1. The topological polar surface area (TPSA) is 54.5 Å². The largest absolute Gasteiger partial charge is 0.274 e. The van der Waals surface area contributed by atoms with Crippen molar-refractivity contribution < 1.29 is 14.4 Å². The number of hydrogen-bond acceptors (Lipinski definition) is 3. The average molecular weight is 518 g/mol. The van der Waals surface area contributed by atoms with E-state index in [0.717, 1.165) is 6.42 Å². The van der Waals surface area contributed by atoms with Gasteiger partial charge in [0.1, 0.15) is 0 Å². The van der Waals surface area contributed by atoms with Crippen molar-refractivity contribution in [3.8, 4) is 0 Å². The number of carbonyl (C=O) groups excluding carboxylic acids is 3. The minimum atomic E-state index is -0.808. The summed E-state index contributed by atoms with van der Waals surface area (Å²) < 4.78 is 0. The number of carbonyl (C=O) groups is 3. The summed E-state index contributed by atoms with van der Waals surface area (Å²) in [4.78, 5) is 38.7. The third-order valence-corrected chi connectivity index (χ3v) is 8.10. The molecule has 3 rings (SSSR count). The number of likely N-dealkylation sites (tertiary alicyclic amines) is 1. The Morgan fingerprint density at radius 3 is 2.21 bits per heavy atom. The first-order valence-corrected chi connectivity index (χ1v) is 10.1. The summed E-state index contributed by atoms with van der Waals surface area (Å²) in [5.74, 6) is -2.92. The summed E-state index contributed by atoms with van der Waals surface area (Å²) in [6, 6.07) is 2.70. The maximum Gasteiger partial charge on any atom is 0.270 e. The summed E-state index contributed by atoms with van der Waals surface area (Å²) in [5, 5.41) is 0.264. The van der Waals surface area contributed by atoms with Crippen molar-refractivity contribution in [1.29, 1.82) is 0 Å². The highest BCUT2D eigenvalue weighted by molar-refractivity contribution is 9.12. The zero-order valence-electron chi connectivity index (χ0n) is 11.9. The van der Waals surface area contributed by atoms with Gasteiger partial charge in [-0.15, -0.1) is 0 Å². The molecule has 0 radical (unpaired) electrons. The van der Waals surface area contributed by atoms with E-state index in [-0.39, 0.29) is 30.3 Å². The summed E-state index contributed by atoms with van der Waals surface area (Å²) >= 11 is 24.9. The van der Waals surface area contributed by atoms with Crippen LogP contribution in [0.5, 0.6) is 0 Å². The molecule has 1 saturated carbocycles. The number of imide groups is 3.